The van der Waals surface area contributed by atoms with E-state index in [0.717, 1.165) is 17.7 Å². The van der Waals surface area contributed by atoms with Gasteiger partial charge in [0.25, 0.3) is 5.91 Å². The SMILES string of the molecule is COc1cc(Cl)ccc1C(=O)OCC(=O)N1CCc2ccccc21. The van der Waals surface area contributed by atoms with Crippen molar-refractivity contribution in [2.45, 2.75) is 6.42 Å². The van der Waals surface area contributed by atoms with Gasteiger partial charge in [0.1, 0.15) is 11.3 Å². The van der Waals surface area contributed by atoms with Gasteiger partial charge in [-0.05, 0) is 36.2 Å². The smallest absolute Gasteiger partial charge is 0.342 e. The van der Waals surface area contributed by atoms with E-state index in [1.165, 1.54) is 19.2 Å². The minimum Gasteiger partial charge on any atom is -0.496 e. The fourth-order valence-corrected chi connectivity index (χ4v) is 2.88. The van der Waals surface area contributed by atoms with Gasteiger partial charge in [-0.2, -0.15) is 0 Å². The van der Waals surface area contributed by atoms with Crippen molar-refractivity contribution in [3.8, 4) is 5.75 Å². The van der Waals surface area contributed by atoms with Crippen LogP contribution in [-0.4, -0.2) is 32.1 Å². The number of para-hydroxylation sites is 1. The van der Waals surface area contributed by atoms with Gasteiger partial charge < -0.3 is 14.4 Å². The van der Waals surface area contributed by atoms with Crippen LogP contribution in [0.15, 0.2) is 42.5 Å². The number of esters is 1. The minimum atomic E-state index is -0.621. The number of hydrogen-bond acceptors (Lipinski definition) is 4. The summed E-state index contributed by atoms with van der Waals surface area (Å²) in [5.74, 6) is -0.558. The quantitative estimate of drug-likeness (QED) is 0.799. The molecule has 3 rings (SSSR count). The molecule has 24 heavy (non-hydrogen) atoms. The number of rotatable bonds is 4. The Labute approximate surface area is 144 Å². The summed E-state index contributed by atoms with van der Waals surface area (Å²) in [6.45, 7) is 0.277. The molecule has 0 bridgehead atoms. The number of halogens is 1. The lowest BCUT2D eigenvalue weighted by Crippen LogP contribution is -2.33. The molecule has 2 aromatic rings. The second-order valence-corrected chi connectivity index (χ2v) is 5.78. The lowest BCUT2D eigenvalue weighted by molar-refractivity contribution is -0.121. The van der Waals surface area contributed by atoms with E-state index >= 15 is 0 Å². The highest BCUT2D eigenvalue weighted by atomic mass is 35.5. The summed E-state index contributed by atoms with van der Waals surface area (Å²) in [5, 5.41) is 0.452. The highest BCUT2D eigenvalue weighted by molar-refractivity contribution is 6.30. The van der Waals surface area contributed by atoms with Gasteiger partial charge in [0.05, 0.1) is 7.11 Å². The summed E-state index contributed by atoms with van der Waals surface area (Å²) in [6.07, 6.45) is 0.806. The van der Waals surface area contributed by atoms with Crippen LogP contribution in [0.4, 0.5) is 5.69 Å². The molecule has 1 amide bonds. The third-order valence-corrected chi connectivity index (χ3v) is 4.13. The van der Waals surface area contributed by atoms with Crippen LogP contribution in [0.2, 0.25) is 5.02 Å². The fraction of sp³-hybridized carbons (Fsp3) is 0.222. The molecule has 6 heteroatoms. The van der Waals surface area contributed by atoms with E-state index < -0.39 is 5.97 Å². The topological polar surface area (TPSA) is 55.8 Å². The summed E-state index contributed by atoms with van der Waals surface area (Å²) in [7, 11) is 1.44. The molecule has 0 fully saturated rings. The zero-order valence-electron chi connectivity index (χ0n) is 13.1. The third kappa shape index (κ3) is 3.21. The number of nitrogens with zero attached hydrogens (tertiary/aromatic N) is 1. The fourth-order valence-electron chi connectivity index (χ4n) is 2.71. The maximum atomic E-state index is 12.3. The van der Waals surface area contributed by atoms with Gasteiger partial charge in [-0.3, -0.25) is 4.79 Å². The molecule has 2 aromatic carbocycles. The number of benzene rings is 2. The Balaban J connectivity index is 1.66. The van der Waals surface area contributed by atoms with Crippen molar-refractivity contribution in [1.82, 2.24) is 0 Å². The Bertz CT molecular complexity index is 790. The summed E-state index contributed by atoms with van der Waals surface area (Å²) in [5.41, 5.74) is 2.23. The first kappa shape index (κ1) is 16.3. The number of fused-ring (bicyclic) bond motifs is 1. The molecule has 124 valence electrons. The molecular formula is C18H16ClNO4. The Kier molecular flexibility index (Phi) is 4.71. The molecule has 0 aliphatic carbocycles. The monoisotopic (exact) mass is 345 g/mol. The number of anilines is 1. The van der Waals surface area contributed by atoms with Gasteiger partial charge >= 0.3 is 5.97 Å². The Morgan fingerprint density at radius 3 is 2.79 bits per heavy atom. The maximum absolute atomic E-state index is 12.3. The Morgan fingerprint density at radius 2 is 2.00 bits per heavy atom. The molecule has 1 aliphatic heterocycles. The van der Waals surface area contributed by atoms with Crippen LogP contribution < -0.4 is 9.64 Å². The molecule has 0 saturated carbocycles. The number of amides is 1. The summed E-state index contributed by atoms with van der Waals surface area (Å²) in [6, 6.07) is 12.3. The van der Waals surface area contributed by atoms with Crippen molar-refractivity contribution in [3.05, 3.63) is 58.6 Å². The predicted molar refractivity (Wildman–Crippen MR) is 90.8 cm³/mol. The van der Waals surface area contributed by atoms with E-state index in [0.29, 0.717) is 17.3 Å². The normalized spacial score (nSPS) is 12.7. The number of ether oxygens (including phenoxy) is 2. The van der Waals surface area contributed by atoms with Crippen LogP contribution >= 0.6 is 11.6 Å². The molecule has 0 atom stereocenters. The van der Waals surface area contributed by atoms with Gasteiger partial charge in [0.15, 0.2) is 6.61 Å². The second-order valence-electron chi connectivity index (χ2n) is 5.34. The molecule has 0 aromatic heterocycles. The van der Waals surface area contributed by atoms with E-state index in [-0.39, 0.29) is 18.1 Å². The van der Waals surface area contributed by atoms with E-state index in [4.69, 9.17) is 21.1 Å². The average Bonchev–Trinajstić information content (AvgIpc) is 3.03. The Hall–Kier alpha value is -2.53. The van der Waals surface area contributed by atoms with Crippen molar-refractivity contribution >= 4 is 29.2 Å². The predicted octanol–water partition coefficient (Wildman–Crippen LogP) is 3.09. The van der Waals surface area contributed by atoms with Crippen molar-refractivity contribution in [1.29, 1.82) is 0 Å². The highest BCUT2D eigenvalue weighted by Crippen LogP contribution is 2.28. The van der Waals surface area contributed by atoms with Gasteiger partial charge in [0.2, 0.25) is 0 Å². The van der Waals surface area contributed by atoms with Crippen LogP contribution in [0, 0.1) is 0 Å². The highest BCUT2D eigenvalue weighted by Gasteiger charge is 2.25. The third-order valence-electron chi connectivity index (χ3n) is 3.90. The van der Waals surface area contributed by atoms with Crippen molar-refractivity contribution < 1.29 is 19.1 Å². The summed E-state index contributed by atoms with van der Waals surface area (Å²) in [4.78, 5) is 26.2. The second kappa shape index (κ2) is 6.93. The lowest BCUT2D eigenvalue weighted by Gasteiger charge is -2.17. The summed E-state index contributed by atoms with van der Waals surface area (Å²) < 4.78 is 10.3. The van der Waals surface area contributed by atoms with Gasteiger partial charge in [-0.1, -0.05) is 29.8 Å². The van der Waals surface area contributed by atoms with Crippen LogP contribution in [0.25, 0.3) is 0 Å². The zero-order valence-corrected chi connectivity index (χ0v) is 13.9. The van der Waals surface area contributed by atoms with Gasteiger partial charge in [-0.25, -0.2) is 4.79 Å². The van der Waals surface area contributed by atoms with Crippen LogP contribution in [0.3, 0.4) is 0 Å². The molecule has 0 spiro atoms. The van der Waals surface area contributed by atoms with Crippen molar-refractivity contribution in [2.75, 3.05) is 25.2 Å². The van der Waals surface area contributed by atoms with E-state index in [9.17, 15) is 9.59 Å². The largest absolute Gasteiger partial charge is 0.496 e. The van der Waals surface area contributed by atoms with Gasteiger partial charge in [-0.15, -0.1) is 0 Å². The van der Waals surface area contributed by atoms with E-state index in [1.54, 1.807) is 11.0 Å². The van der Waals surface area contributed by atoms with Crippen molar-refractivity contribution in [3.63, 3.8) is 0 Å². The molecule has 5 nitrogen and oxygen atoms in total. The first-order valence-electron chi connectivity index (χ1n) is 7.49. The maximum Gasteiger partial charge on any atom is 0.342 e. The van der Waals surface area contributed by atoms with E-state index in [1.807, 2.05) is 24.3 Å². The molecule has 0 saturated heterocycles. The molecular weight excluding hydrogens is 330 g/mol. The average molecular weight is 346 g/mol. The molecule has 1 heterocycles. The molecule has 0 N–H and O–H groups in total. The number of hydrogen-bond donors (Lipinski definition) is 0. The standard InChI is InChI=1S/C18H16ClNO4/c1-23-16-10-13(19)6-7-14(16)18(22)24-11-17(21)20-9-8-12-4-2-3-5-15(12)20/h2-7,10H,8-9,11H2,1H3. The van der Waals surface area contributed by atoms with Crippen molar-refractivity contribution in [2.24, 2.45) is 0 Å². The number of carbonyl (C=O) groups excluding carboxylic acids is 2. The lowest BCUT2D eigenvalue weighted by atomic mass is 10.2. The van der Waals surface area contributed by atoms with Crippen LogP contribution in [0.5, 0.6) is 5.75 Å². The summed E-state index contributed by atoms with van der Waals surface area (Å²) >= 11 is 5.87. The zero-order chi connectivity index (χ0) is 17.1. The molecule has 0 unspecified atom stereocenters. The van der Waals surface area contributed by atoms with Crippen LogP contribution in [-0.2, 0) is 16.0 Å². The molecule has 1 aliphatic rings. The van der Waals surface area contributed by atoms with Crippen LogP contribution in [0.1, 0.15) is 15.9 Å². The minimum absolute atomic E-state index is 0.233. The first-order valence-corrected chi connectivity index (χ1v) is 7.87. The Morgan fingerprint density at radius 1 is 1.21 bits per heavy atom. The van der Waals surface area contributed by atoms with E-state index in [2.05, 4.69) is 0 Å². The van der Waals surface area contributed by atoms with Gasteiger partial charge in [0, 0.05) is 17.3 Å². The molecule has 0 radical (unpaired) electrons. The number of methoxy groups -OCH3 is 1. The first-order chi connectivity index (χ1) is 11.6. The number of carbonyl (C=O) groups is 2.